The average Bonchev–Trinajstić information content (AvgIpc) is 3.00. The van der Waals surface area contributed by atoms with Crippen molar-refractivity contribution in [2.24, 2.45) is 5.92 Å². The van der Waals surface area contributed by atoms with E-state index in [0.717, 1.165) is 25.7 Å². The van der Waals surface area contributed by atoms with Gasteiger partial charge < -0.3 is 15.3 Å². The maximum Gasteiger partial charge on any atom is 0.323 e. The summed E-state index contributed by atoms with van der Waals surface area (Å²) in [6.07, 6.45) is 4.16. The molecule has 2 N–H and O–H groups in total. The lowest BCUT2D eigenvalue weighted by Gasteiger charge is -2.20. The van der Waals surface area contributed by atoms with E-state index in [0.29, 0.717) is 19.0 Å². The zero-order valence-electron chi connectivity index (χ0n) is 9.74. The lowest BCUT2D eigenvalue weighted by molar-refractivity contribution is -0.137. The van der Waals surface area contributed by atoms with Gasteiger partial charge in [-0.15, -0.1) is 0 Å². The molecule has 2 amide bonds. The summed E-state index contributed by atoms with van der Waals surface area (Å²) in [5.41, 5.74) is 0. The Bertz CT molecular complexity index is 252. The van der Waals surface area contributed by atoms with Gasteiger partial charge in [0.15, 0.2) is 0 Å². The molecule has 1 fully saturated rings. The highest BCUT2D eigenvalue weighted by Crippen LogP contribution is 2.29. The van der Waals surface area contributed by atoms with Crippen molar-refractivity contribution in [2.45, 2.75) is 32.6 Å². The molecule has 0 heterocycles. The second kappa shape index (κ2) is 6.35. The molecule has 16 heavy (non-hydrogen) atoms. The Hall–Kier alpha value is -1.26. The largest absolute Gasteiger partial charge is 0.480 e. The third-order valence-corrected chi connectivity index (χ3v) is 2.60. The number of carboxylic acid groups (broad SMARTS) is 1. The number of rotatable bonds is 7. The molecule has 1 aliphatic carbocycles. The molecule has 1 saturated carbocycles. The van der Waals surface area contributed by atoms with Crippen LogP contribution in [-0.4, -0.2) is 41.6 Å². The standard InChI is InChI=1S/C11H20N2O3/c1-2-3-6-12-11(16)13(8-10(14)15)7-9-4-5-9/h9H,2-8H2,1H3,(H,12,16)(H,14,15). The van der Waals surface area contributed by atoms with E-state index in [4.69, 9.17) is 5.11 Å². The first-order valence-corrected chi connectivity index (χ1v) is 5.88. The summed E-state index contributed by atoms with van der Waals surface area (Å²) in [6.45, 7) is 3.04. The molecule has 0 saturated heterocycles. The molecule has 5 nitrogen and oxygen atoms in total. The Labute approximate surface area is 95.8 Å². The minimum atomic E-state index is -0.953. The summed E-state index contributed by atoms with van der Waals surface area (Å²) >= 11 is 0. The molecule has 0 aromatic carbocycles. The van der Waals surface area contributed by atoms with Gasteiger partial charge in [-0.3, -0.25) is 4.79 Å². The monoisotopic (exact) mass is 228 g/mol. The van der Waals surface area contributed by atoms with Crippen molar-refractivity contribution in [2.75, 3.05) is 19.6 Å². The maximum atomic E-state index is 11.7. The van der Waals surface area contributed by atoms with Crippen molar-refractivity contribution in [3.05, 3.63) is 0 Å². The Morgan fingerprint density at radius 2 is 2.12 bits per heavy atom. The van der Waals surface area contributed by atoms with Gasteiger partial charge in [0.2, 0.25) is 0 Å². The fraction of sp³-hybridized carbons (Fsp3) is 0.818. The van der Waals surface area contributed by atoms with Gasteiger partial charge in [-0.25, -0.2) is 4.79 Å². The zero-order chi connectivity index (χ0) is 12.0. The number of hydrogen-bond acceptors (Lipinski definition) is 2. The van der Waals surface area contributed by atoms with E-state index in [9.17, 15) is 9.59 Å². The number of carbonyl (C=O) groups is 2. The SMILES string of the molecule is CCCCNC(=O)N(CC(=O)O)CC1CC1. The number of nitrogens with zero attached hydrogens (tertiary/aromatic N) is 1. The van der Waals surface area contributed by atoms with Gasteiger partial charge in [0.25, 0.3) is 0 Å². The summed E-state index contributed by atoms with van der Waals surface area (Å²) in [6, 6.07) is -0.247. The van der Waals surface area contributed by atoms with Crippen molar-refractivity contribution in [3.8, 4) is 0 Å². The van der Waals surface area contributed by atoms with E-state index in [2.05, 4.69) is 5.32 Å². The smallest absolute Gasteiger partial charge is 0.323 e. The molecule has 0 unspecified atom stereocenters. The van der Waals surface area contributed by atoms with Crippen LogP contribution in [-0.2, 0) is 4.79 Å². The van der Waals surface area contributed by atoms with Crippen LogP contribution in [0.1, 0.15) is 32.6 Å². The zero-order valence-corrected chi connectivity index (χ0v) is 9.74. The summed E-state index contributed by atoms with van der Waals surface area (Å²) in [5.74, 6) is -0.442. The highest BCUT2D eigenvalue weighted by molar-refractivity contribution is 5.80. The topological polar surface area (TPSA) is 69.6 Å². The first-order chi connectivity index (χ1) is 7.63. The molecule has 0 atom stereocenters. The van der Waals surface area contributed by atoms with E-state index >= 15 is 0 Å². The van der Waals surface area contributed by atoms with Crippen LogP contribution in [0.3, 0.4) is 0 Å². The molecule has 0 spiro atoms. The molecule has 0 aromatic rings. The van der Waals surface area contributed by atoms with Crippen LogP contribution in [0.25, 0.3) is 0 Å². The van der Waals surface area contributed by atoms with Gasteiger partial charge in [0.1, 0.15) is 6.54 Å². The summed E-state index contributed by atoms with van der Waals surface area (Å²) in [4.78, 5) is 23.7. The van der Waals surface area contributed by atoms with Gasteiger partial charge in [-0.05, 0) is 25.2 Å². The van der Waals surface area contributed by atoms with Crippen LogP contribution in [0.5, 0.6) is 0 Å². The van der Waals surface area contributed by atoms with Gasteiger partial charge in [-0.2, -0.15) is 0 Å². The number of urea groups is 1. The molecule has 1 aliphatic rings. The van der Waals surface area contributed by atoms with E-state index in [-0.39, 0.29) is 12.6 Å². The van der Waals surface area contributed by atoms with Crippen molar-refractivity contribution < 1.29 is 14.7 Å². The number of unbranched alkanes of at least 4 members (excludes halogenated alkanes) is 1. The van der Waals surface area contributed by atoms with E-state index in [1.807, 2.05) is 6.92 Å². The lowest BCUT2D eigenvalue weighted by atomic mass is 10.3. The summed E-state index contributed by atoms with van der Waals surface area (Å²) < 4.78 is 0. The predicted octanol–water partition coefficient (Wildman–Crippen LogP) is 1.29. The first kappa shape index (κ1) is 12.8. The van der Waals surface area contributed by atoms with Gasteiger partial charge in [0, 0.05) is 13.1 Å². The molecule has 5 heteroatoms. The molecular formula is C11H20N2O3. The number of aliphatic carboxylic acids is 1. The average molecular weight is 228 g/mol. The quantitative estimate of drug-likeness (QED) is 0.645. The van der Waals surface area contributed by atoms with Gasteiger partial charge in [0.05, 0.1) is 0 Å². The minimum Gasteiger partial charge on any atom is -0.480 e. The normalized spacial score (nSPS) is 14.6. The minimum absolute atomic E-state index is 0.200. The number of hydrogen-bond donors (Lipinski definition) is 2. The van der Waals surface area contributed by atoms with Crippen molar-refractivity contribution in [1.82, 2.24) is 10.2 Å². The third kappa shape index (κ3) is 5.00. The van der Waals surface area contributed by atoms with Crippen LogP contribution < -0.4 is 5.32 Å². The molecule has 0 aliphatic heterocycles. The highest BCUT2D eigenvalue weighted by Gasteiger charge is 2.27. The van der Waals surface area contributed by atoms with Crippen LogP contribution in [0.2, 0.25) is 0 Å². The molecule has 1 rings (SSSR count). The van der Waals surface area contributed by atoms with Crippen LogP contribution in [0.15, 0.2) is 0 Å². The fourth-order valence-corrected chi connectivity index (χ4v) is 1.48. The molecule has 0 aromatic heterocycles. The Morgan fingerprint density at radius 1 is 1.44 bits per heavy atom. The number of nitrogens with one attached hydrogen (secondary N) is 1. The summed E-state index contributed by atoms with van der Waals surface area (Å²) in [5, 5.41) is 11.5. The van der Waals surface area contributed by atoms with E-state index in [1.165, 1.54) is 4.90 Å². The number of carboxylic acids is 1. The van der Waals surface area contributed by atoms with E-state index in [1.54, 1.807) is 0 Å². The van der Waals surface area contributed by atoms with Crippen molar-refractivity contribution >= 4 is 12.0 Å². The molecule has 0 bridgehead atoms. The lowest BCUT2D eigenvalue weighted by Crippen LogP contribution is -2.44. The fourth-order valence-electron chi connectivity index (χ4n) is 1.48. The van der Waals surface area contributed by atoms with Crippen molar-refractivity contribution in [3.63, 3.8) is 0 Å². The first-order valence-electron chi connectivity index (χ1n) is 5.88. The van der Waals surface area contributed by atoms with Crippen molar-refractivity contribution in [1.29, 1.82) is 0 Å². The Kier molecular flexibility index (Phi) is 5.08. The molecule has 92 valence electrons. The second-order valence-corrected chi connectivity index (χ2v) is 4.30. The highest BCUT2D eigenvalue weighted by atomic mass is 16.4. The van der Waals surface area contributed by atoms with Crippen LogP contribution >= 0.6 is 0 Å². The molecular weight excluding hydrogens is 208 g/mol. The van der Waals surface area contributed by atoms with Crippen LogP contribution in [0.4, 0.5) is 4.79 Å². The number of carbonyl (C=O) groups excluding carboxylic acids is 1. The molecule has 0 radical (unpaired) electrons. The van der Waals surface area contributed by atoms with E-state index < -0.39 is 5.97 Å². The number of amides is 2. The van der Waals surface area contributed by atoms with Gasteiger partial charge in [-0.1, -0.05) is 13.3 Å². The third-order valence-electron chi connectivity index (χ3n) is 2.60. The maximum absolute atomic E-state index is 11.7. The Balaban J connectivity index is 2.33. The Morgan fingerprint density at radius 3 is 2.62 bits per heavy atom. The van der Waals surface area contributed by atoms with Crippen LogP contribution in [0, 0.1) is 5.92 Å². The summed E-state index contributed by atoms with van der Waals surface area (Å²) in [7, 11) is 0. The van der Waals surface area contributed by atoms with Gasteiger partial charge >= 0.3 is 12.0 Å². The second-order valence-electron chi connectivity index (χ2n) is 4.30. The predicted molar refractivity (Wildman–Crippen MR) is 60.2 cm³/mol.